The van der Waals surface area contributed by atoms with Gasteiger partial charge in [0.25, 0.3) is 5.91 Å². The summed E-state index contributed by atoms with van der Waals surface area (Å²) in [6.45, 7) is 3.00. The van der Waals surface area contributed by atoms with Crippen LogP contribution in [0.5, 0.6) is 11.5 Å². The minimum atomic E-state index is 0. The van der Waals surface area contributed by atoms with E-state index in [-0.39, 0.29) is 31.1 Å². The monoisotopic (exact) mass is 404 g/mol. The number of hydrogen-bond acceptors (Lipinski definition) is 5. The van der Waals surface area contributed by atoms with E-state index in [0.717, 1.165) is 62.4 Å². The smallest absolute Gasteiger partial charge is 0.274 e. The van der Waals surface area contributed by atoms with E-state index >= 15 is 0 Å². The van der Waals surface area contributed by atoms with Crippen LogP contribution in [0, 0.1) is 0 Å². The number of halogens is 1. The number of likely N-dealkylation sites (tertiary alicyclic amines) is 1. The van der Waals surface area contributed by atoms with Crippen LogP contribution >= 0.6 is 12.4 Å². The molecule has 0 aliphatic carbocycles. The summed E-state index contributed by atoms with van der Waals surface area (Å²) in [5.41, 5.74) is 1.63. The lowest BCUT2D eigenvalue weighted by Crippen LogP contribution is -2.33. The molecule has 150 valence electrons. The van der Waals surface area contributed by atoms with Gasteiger partial charge < -0.3 is 19.7 Å². The Morgan fingerprint density at radius 2 is 2.04 bits per heavy atom. The largest absolute Gasteiger partial charge is 0.454 e. The summed E-state index contributed by atoms with van der Waals surface area (Å²) >= 11 is 0. The molecule has 0 spiro atoms. The molecule has 0 saturated carbocycles. The summed E-state index contributed by atoms with van der Waals surface area (Å²) in [6, 6.07) is 8.23. The molecule has 3 aliphatic rings. The van der Waals surface area contributed by atoms with Crippen LogP contribution in [0.3, 0.4) is 0 Å². The zero-order valence-electron chi connectivity index (χ0n) is 15.7. The molecule has 0 radical (unpaired) electrons. The van der Waals surface area contributed by atoms with Crippen molar-refractivity contribution in [1.82, 2.24) is 20.0 Å². The second-order valence-electron chi connectivity index (χ2n) is 7.45. The minimum Gasteiger partial charge on any atom is -0.454 e. The molecule has 4 heterocycles. The fraction of sp³-hybridized carbons (Fsp3) is 0.500. The van der Waals surface area contributed by atoms with Gasteiger partial charge in [0.05, 0.1) is 12.1 Å². The Kier molecular flexibility index (Phi) is 5.46. The molecule has 2 unspecified atom stereocenters. The molecule has 2 fully saturated rings. The van der Waals surface area contributed by atoms with Crippen LogP contribution in [0.15, 0.2) is 30.5 Å². The van der Waals surface area contributed by atoms with Crippen LogP contribution in [-0.2, 0) is 0 Å². The third-order valence-electron chi connectivity index (χ3n) is 5.77. The number of benzene rings is 1. The van der Waals surface area contributed by atoms with E-state index in [1.54, 1.807) is 0 Å². The van der Waals surface area contributed by atoms with E-state index in [1.807, 2.05) is 40.0 Å². The third kappa shape index (κ3) is 3.44. The standard InChI is InChI=1S/C20H24N4O3.ClH/c25-20(16-7-10-24(22-16)15-3-1-8-21-12-15)23-9-2-4-17(23)14-5-6-18-19(11-14)27-13-26-18;/h5-7,10-11,15,17,21H,1-4,8-9,12-13H2;1H. The molecule has 1 aromatic heterocycles. The van der Waals surface area contributed by atoms with Gasteiger partial charge in [0.15, 0.2) is 11.5 Å². The van der Waals surface area contributed by atoms with E-state index in [0.29, 0.717) is 11.7 Å². The van der Waals surface area contributed by atoms with E-state index in [2.05, 4.69) is 10.4 Å². The maximum absolute atomic E-state index is 13.1. The van der Waals surface area contributed by atoms with Gasteiger partial charge in [-0.1, -0.05) is 6.07 Å². The van der Waals surface area contributed by atoms with E-state index in [4.69, 9.17) is 9.47 Å². The molecule has 2 atom stereocenters. The summed E-state index contributed by atoms with van der Waals surface area (Å²) < 4.78 is 12.9. The zero-order valence-corrected chi connectivity index (χ0v) is 16.5. The molecule has 1 aromatic carbocycles. The second-order valence-corrected chi connectivity index (χ2v) is 7.45. The molecular formula is C20H25ClN4O3. The van der Waals surface area contributed by atoms with Gasteiger partial charge >= 0.3 is 0 Å². The number of ether oxygens (including phenoxy) is 2. The highest BCUT2D eigenvalue weighted by Crippen LogP contribution is 2.39. The molecular weight excluding hydrogens is 380 g/mol. The molecule has 2 saturated heterocycles. The number of hydrogen-bond donors (Lipinski definition) is 1. The van der Waals surface area contributed by atoms with Crippen LogP contribution in [-0.4, -0.2) is 47.0 Å². The minimum absolute atomic E-state index is 0. The summed E-state index contributed by atoms with van der Waals surface area (Å²) in [4.78, 5) is 15.1. The molecule has 2 aromatic rings. The van der Waals surface area contributed by atoms with Gasteiger partial charge in [-0.3, -0.25) is 9.48 Å². The number of rotatable bonds is 3. The maximum Gasteiger partial charge on any atom is 0.274 e. The van der Waals surface area contributed by atoms with Crippen molar-refractivity contribution >= 4 is 18.3 Å². The third-order valence-corrected chi connectivity index (χ3v) is 5.77. The van der Waals surface area contributed by atoms with Crippen LogP contribution in [0.4, 0.5) is 0 Å². The fourth-order valence-electron chi connectivity index (χ4n) is 4.34. The van der Waals surface area contributed by atoms with Crippen molar-refractivity contribution < 1.29 is 14.3 Å². The molecule has 0 bridgehead atoms. The lowest BCUT2D eigenvalue weighted by atomic mass is 10.0. The quantitative estimate of drug-likeness (QED) is 0.851. The van der Waals surface area contributed by atoms with Gasteiger partial charge in [0.2, 0.25) is 6.79 Å². The van der Waals surface area contributed by atoms with Crippen molar-refractivity contribution in [2.24, 2.45) is 0 Å². The van der Waals surface area contributed by atoms with E-state index in [9.17, 15) is 4.79 Å². The van der Waals surface area contributed by atoms with Crippen molar-refractivity contribution in [3.05, 3.63) is 41.7 Å². The van der Waals surface area contributed by atoms with Crippen LogP contribution in [0.1, 0.15) is 53.8 Å². The van der Waals surface area contributed by atoms with E-state index in [1.165, 1.54) is 0 Å². The molecule has 28 heavy (non-hydrogen) atoms. The number of aromatic nitrogens is 2. The van der Waals surface area contributed by atoms with Crippen molar-refractivity contribution in [1.29, 1.82) is 0 Å². The Morgan fingerprint density at radius 1 is 1.14 bits per heavy atom. The summed E-state index contributed by atoms with van der Waals surface area (Å²) in [6.07, 6.45) is 6.14. The zero-order chi connectivity index (χ0) is 18.2. The summed E-state index contributed by atoms with van der Waals surface area (Å²) in [5, 5.41) is 8.00. The van der Waals surface area contributed by atoms with Crippen molar-refractivity contribution in [2.45, 2.75) is 37.8 Å². The predicted molar refractivity (Wildman–Crippen MR) is 106 cm³/mol. The normalized spacial score (nSPS) is 23.5. The first-order valence-corrected chi connectivity index (χ1v) is 9.76. The van der Waals surface area contributed by atoms with Gasteiger partial charge in [-0.25, -0.2) is 0 Å². The highest BCUT2D eigenvalue weighted by molar-refractivity contribution is 5.92. The first-order valence-electron chi connectivity index (χ1n) is 9.76. The van der Waals surface area contributed by atoms with Crippen molar-refractivity contribution in [2.75, 3.05) is 26.4 Å². The van der Waals surface area contributed by atoms with Crippen molar-refractivity contribution in [3.63, 3.8) is 0 Å². The van der Waals surface area contributed by atoms with Crippen LogP contribution in [0.25, 0.3) is 0 Å². The molecule has 1 N–H and O–H groups in total. The van der Waals surface area contributed by atoms with E-state index < -0.39 is 0 Å². The average molecular weight is 405 g/mol. The highest BCUT2D eigenvalue weighted by atomic mass is 35.5. The number of nitrogens with one attached hydrogen (secondary N) is 1. The number of carbonyl (C=O) groups excluding carboxylic acids is 1. The van der Waals surface area contributed by atoms with Crippen LogP contribution in [0.2, 0.25) is 0 Å². The van der Waals surface area contributed by atoms with Crippen molar-refractivity contribution in [3.8, 4) is 11.5 Å². The number of piperidine rings is 1. The number of fused-ring (bicyclic) bond motifs is 1. The summed E-state index contributed by atoms with van der Waals surface area (Å²) in [7, 11) is 0. The first kappa shape index (κ1) is 19.1. The Hall–Kier alpha value is -2.25. The predicted octanol–water partition coefficient (Wildman–Crippen LogP) is 2.94. The number of amides is 1. The molecule has 3 aliphatic heterocycles. The average Bonchev–Trinajstić information content (AvgIpc) is 3.47. The number of nitrogens with zero attached hydrogens (tertiary/aromatic N) is 3. The Bertz CT molecular complexity index is 850. The topological polar surface area (TPSA) is 68.6 Å². The summed E-state index contributed by atoms with van der Waals surface area (Å²) in [5.74, 6) is 1.55. The Labute approximate surface area is 170 Å². The van der Waals surface area contributed by atoms with Crippen LogP contribution < -0.4 is 14.8 Å². The van der Waals surface area contributed by atoms with Gasteiger partial charge in [-0.2, -0.15) is 5.10 Å². The molecule has 8 heteroatoms. The number of carbonyl (C=O) groups is 1. The maximum atomic E-state index is 13.1. The van der Waals surface area contributed by atoms with Gasteiger partial charge in [0.1, 0.15) is 5.69 Å². The molecule has 5 rings (SSSR count). The lowest BCUT2D eigenvalue weighted by Gasteiger charge is -2.25. The second kappa shape index (κ2) is 8.01. The highest BCUT2D eigenvalue weighted by Gasteiger charge is 2.33. The molecule has 7 nitrogen and oxygen atoms in total. The van der Waals surface area contributed by atoms with Gasteiger partial charge in [-0.15, -0.1) is 12.4 Å². The fourth-order valence-corrected chi connectivity index (χ4v) is 4.34. The Balaban J connectivity index is 0.00000192. The molecule has 1 amide bonds. The lowest BCUT2D eigenvalue weighted by molar-refractivity contribution is 0.0728. The first-order chi connectivity index (χ1) is 13.3. The van der Waals surface area contributed by atoms with Gasteiger partial charge in [0, 0.05) is 19.3 Å². The van der Waals surface area contributed by atoms with Gasteiger partial charge in [-0.05, 0) is 56.0 Å². The Morgan fingerprint density at radius 3 is 2.89 bits per heavy atom. The SMILES string of the molecule is Cl.O=C(c1ccn(C2CCCNC2)n1)N1CCCC1c1ccc2c(c1)OCO2.